The lowest BCUT2D eigenvalue weighted by molar-refractivity contribution is 0.0646. The number of nitrogens with zero attached hydrogens (tertiary/aromatic N) is 6. The van der Waals surface area contributed by atoms with Crippen molar-refractivity contribution in [3.8, 4) is 34.0 Å². The van der Waals surface area contributed by atoms with Gasteiger partial charge in [0.1, 0.15) is 30.5 Å². The molecular formula is C28H36N6O4. The SMILES string of the molecule is C/C=C\C(=C/C)n1nc(C(=O)N(C)C(C)(C)C)c2c1-c1cc(-c3cn(COCC)nn3)c(OC)cc1OC2. The van der Waals surface area contributed by atoms with E-state index in [-0.39, 0.29) is 18.1 Å². The van der Waals surface area contributed by atoms with Gasteiger partial charge in [-0.2, -0.15) is 5.10 Å². The molecule has 0 unspecified atom stereocenters. The monoisotopic (exact) mass is 520 g/mol. The number of hydrogen-bond acceptors (Lipinski definition) is 7. The fourth-order valence-electron chi connectivity index (χ4n) is 4.20. The summed E-state index contributed by atoms with van der Waals surface area (Å²) >= 11 is 0. The molecule has 0 fully saturated rings. The van der Waals surface area contributed by atoms with Gasteiger partial charge in [-0.15, -0.1) is 5.10 Å². The first-order chi connectivity index (χ1) is 18.1. The Balaban J connectivity index is 1.94. The summed E-state index contributed by atoms with van der Waals surface area (Å²) in [6.45, 7) is 12.9. The number of aromatic nitrogens is 5. The summed E-state index contributed by atoms with van der Waals surface area (Å²) in [5.41, 5.74) is 4.53. The van der Waals surface area contributed by atoms with Gasteiger partial charge < -0.3 is 19.1 Å². The number of benzene rings is 1. The molecule has 0 saturated carbocycles. The zero-order valence-electron chi connectivity index (χ0n) is 23.4. The van der Waals surface area contributed by atoms with Gasteiger partial charge in [0.05, 0.1) is 24.7 Å². The molecule has 0 atom stereocenters. The van der Waals surface area contributed by atoms with Crippen molar-refractivity contribution in [2.75, 3.05) is 20.8 Å². The third kappa shape index (κ3) is 4.96. The molecule has 2 aromatic heterocycles. The summed E-state index contributed by atoms with van der Waals surface area (Å²) in [4.78, 5) is 15.3. The normalized spacial score (nSPS) is 13.3. The average Bonchev–Trinajstić information content (AvgIpc) is 3.53. The van der Waals surface area contributed by atoms with Crippen molar-refractivity contribution < 1.29 is 19.0 Å². The van der Waals surface area contributed by atoms with E-state index in [4.69, 9.17) is 19.3 Å². The Morgan fingerprint density at radius 1 is 1.24 bits per heavy atom. The van der Waals surface area contributed by atoms with E-state index in [1.54, 1.807) is 23.7 Å². The van der Waals surface area contributed by atoms with Crippen LogP contribution in [0, 0.1) is 0 Å². The second kappa shape index (κ2) is 10.8. The van der Waals surface area contributed by atoms with E-state index in [1.807, 2.05) is 82.8 Å². The van der Waals surface area contributed by atoms with Crippen molar-refractivity contribution in [1.82, 2.24) is 29.7 Å². The molecule has 38 heavy (non-hydrogen) atoms. The van der Waals surface area contributed by atoms with Crippen LogP contribution in [0.25, 0.3) is 28.2 Å². The quantitative estimate of drug-likeness (QED) is 0.385. The molecule has 0 saturated heterocycles. The highest BCUT2D eigenvalue weighted by Crippen LogP contribution is 2.46. The lowest BCUT2D eigenvalue weighted by Gasteiger charge is -2.31. The first-order valence-electron chi connectivity index (χ1n) is 12.7. The van der Waals surface area contributed by atoms with E-state index in [0.29, 0.717) is 36.2 Å². The van der Waals surface area contributed by atoms with E-state index in [9.17, 15) is 4.79 Å². The second-order valence-electron chi connectivity index (χ2n) is 9.94. The van der Waals surface area contributed by atoms with E-state index in [0.717, 1.165) is 28.1 Å². The molecule has 1 amide bonds. The van der Waals surface area contributed by atoms with Crippen LogP contribution in [0.15, 0.2) is 36.6 Å². The Morgan fingerprint density at radius 3 is 2.63 bits per heavy atom. The van der Waals surface area contributed by atoms with Crippen LogP contribution in [0.5, 0.6) is 11.5 Å². The minimum Gasteiger partial charge on any atom is -0.496 e. The zero-order chi connectivity index (χ0) is 27.6. The molecular weight excluding hydrogens is 484 g/mol. The van der Waals surface area contributed by atoms with Crippen LogP contribution in [0.1, 0.15) is 57.6 Å². The standard InChI is InChI=1S/C28H36N6O4/c1-9-12-18(10-2)34-26-20-13-19(22-15-33(31-29-22)17-37-11-3)23(36-8)14-24(20)38-16-21(26)25(30-34)27(35)32(7)28(4,5)6/h9-10,12-15H,11,16-17H2,1-8H3/b12-9-,18-10+. The minimum absolute atomic E-state index is 0.164. The smallest absolute Gasteiger partial charge is 0.274 e. The largest absolute Gasteiger partial charge is 0.496 e. The molecule has 0 N–H and O–H groups in total. The van der Waals surface area contributed by atoms with Gasteiger partial charge in [0.2, 0.25) is 0 Å². The number of carbonyl (C=O) groups is 1. The van der Waals surface area contributed by atoms with Gasteiger partial charge in [0.15, 0.2) is 5.69 Å². The first kappa shape index (κ1) is 27.1. The molecule has 0 radical (unpaired) electrons. The van der Waals surface area contributed by atoms with Gasteiger partial charge in [0.25, 0.3) is 5.91 Å². The molecule has 4 rings (SSSR count). The summed E-state index contributed by atoms with van der Waals surface area (Å²) in [6, 6.07) is 3.81. The van der Waals surface area contributed by atoms with Crippen LogP contribution in [0.3, 0.4) is 0 Å². The summed E-state index contributed by atoms with van der Waals surface area (Å²) < 4.78 is 20.8. The predicted molar refractivity (Wildman–Crippen MR) is 146 cm³/mol. The molecule has 1 aliphatic heterocycles. The zero-order valence-corrected chi connectivity index (χ0v) is 23.4. The van der Waals surface area contributed by atoms with Crippen LogP contribution in [-0.4, -0.2) is 61.9 Å². The van der Waals surface area contributed by atoms with Crippen molar-refractivity contribution in [1.29, 1.82) is 0 Å². The minimum atomic E-state index is -0.373. The third-order valence-electron chi connectivity index (χ3n) is 6.55. The van der Waals surface area contributed by atoms with Crippen molar-refractivity contribution in [2.45, 2.75) is 60.4 Å². The van der Waals surface area contributed by atoms with Gasteiger partial charge >= 0.3 is 0 Å². The van der Waals surface area contributed by atoms with E-state index >= 15 is 0 Å². The fourth-order valence-corrected chi connectivity index (χ4v) is 4.20. The molecule has 0 aliphatic carbocycles. The molecule has 10 heteroatoms. The van der Waals surface area contributed by atoms with Crippen molar-refractivity contribution in [2.24, 2.45) is 0 Å². The van der Waals surface area contributed by atoms with E-state index in [1.165, 1.54) is 0 Å². The lowest BCUT2D eigenvalue weighted by Crippen LogP contribution is -2.43. The number of amides is 1. The number of ether oxygens (including phenoxy) is 3. The molecule has 10 nitrogen and oxygen atoms in total. The number of methoxy groups -OCH3 is 1. The Morgan fingerprint density at radius 2 is 2.00 bits per heavy atom. The van der Waals surface area contributed by atoms with E-state index in [2.05, 4.69) is 10.3 Å². The molecule has 0 spiro atoms. The maximum absolute atomic E-state index is 13.6. The van der Waals surface area contributed by atoms with Crippen molar-refractivity contribution in [3.63, 3.8) is 0 Å². The molecule has 202 valence electrons. The molecule has 3 aromatic rings. The summed E-state index contributed by atoms with van der Waals surface area (Å²) in [5.74, 6) is 1.08. The van der Waals surface area contributed by atoms with Crippen LogP contribution >= 0.6 is 0 Å². The number of carbonyl (C=O) groups excluding carboxylic acids is 1. The van der Waals surface area contributed by atoms with Gasteiger partial charge in [-0.05, 0) is 53.7 Å². The number of fused-ring (bicyclic) bond motifs is 3. The molecule has 3 heterocycles. The van der Waals surface area contributed by atoms with Crippen LogP contribution in [0.4, 0.5) is 0 Å². The Labute approximate surface area is 223 Å². The van der Waals surface area contributed by atoms with Crippen molar-refractivity contribution >= 4 is 11.6 Å². The van der Waals surface area contributed by atoms with Crippen molar-refractivity contribution in [3.05, 3.63) is 47.8 Å². The number of hydrogen-bond donors (Lipinski definition) is 0. The Hall–Kier alpha value is -3.92. The lowest BCUT2D eigenvalue weighted by atomic mass is 9.97. The molecule has 1 aliphatic rings. The van der Waals surface area contributed by atoms with Crippen LogP contribution < -0.4 is 9.47 Å². The van der Waals surface area contributed by atoms with Gasteiger partial charge in [-0.25, -0.2) is 9.36 Å². The first-order valence-corrected chi connectivity index (χ1v) is 12.7. The summed E-state index contributed by atoms with van der Waals surface area (Å²) in [7, 11) is 3.40. The van der Waals surface area contributed by atoms with Gasteiger partial charge in [-0.1, -0.05) is 17.4 Å². The second-order valence-corrected chi connectivity index (χ2v) is 9.94. The predicted octanol–water partition coefficient (Wildman–Crippen LogP) is 5.01. The maximum atomic E-state index is 13.6. The van der Waals surface area contributed by atoms with Gasteiger partial charge in [0, 0.05) is 42.0 Å². The van der Waals surface area contributed by atoms with E-state index < -0.39 is 0 Å². The van der Waals surface area contributed by atoms with Crippen LogP contribution in [0.2, 0.25) is 0 Å². The highest BCUT2D eigenvalue weighted by Gasteiger charge is 2.34. The number of allylic oxidation sites excluding steroid dienone is 4. The number of rotatable bonds is 8. The highest BCUT2D eigenvalue weighted by atomic mass is 16.5. The average molecular weight is 521 g/mol. The maximum Gasteiger partial charge on any atom is 0.274 e. The van der Waals surface area contributed by atoms with Gasteiger partial charge in [-0.3, -0.25) is 4.79 Å². The summed E-state index contributed by atoms with van der Waals surface area (Å²) in [6.07, 6.45) is 7.69. The molecule has 1 aromatic carbocycles. The summed E-state index contributed by atoms with van der Waals surface area (Å²) in [5, 5.41) is 13.4. The Kier molecular flexibility index (Phi) is 7.73. The topological polar surface area (TPSA) is 96.5 Å². The third-order valence-corrected chi connectivity index (χ3v) is 6.55. The highest BCUT2D eigenvalue weighted by molar-refractivity contribution is 5.97. The Bertz CT molecular complexity index is 1390. The fraction of sp³-hybridized carbons (Fsp3) is 0.429. The van der Waals surface area contributed by atoms with Crippen LogP contribution in [-0.2, 0) is 18.1 Å². The molecule has 0 bridgehead atoms.